The van der Waals surface area contributed by atoms with E-state index in [0.29, 0.717) is 25.9 Å². The number of nitrogens with zero attached hydrogens (tertiary/aromatic N) is 2. The van der Waals surface area contributed by atoms with E-state index in [1.54, 1.807) is 0 Å². The molecule has 0 aromatic carbocycles. The second-order valence-electron chi connectivity index (χ2n) is 5.15. The van der Waals surface area contributed by atoms with Gasteiger partial charge in [-0.25, -0.2) is 12.7 Å². The van der Waals surface area contributed by atoms with Gasteiger partial charge in [0, 0.05) is 26.2 Å². The number of amides is 2. The van der Waals surface area contributed by atoms with Gasteiger partial charge in [-0.05, 0) is 12.8 Å². The molecular weight excluding hydrogens is 270 g/mol. The Kier molecular flexibility index (Phi) is 3.93. The number of carbonyl (C=O) groups is 2. The van der Waals surface area contributed by atoms with Crippen molar-refractivity contribution < 1.29 is 18.0 Å². The quantitative estimate of drug-likeness (QED) is 0.657. The fourth-order valence-corrected chi connectivity index (χ4v) is 3.40. The standard InChI is InChI=1S/C11H19N3O4S/c1-13-10(15)7-9(11(13)16)12-8-3-5-14(6-4-8)19(2,17)18/h8-9,12H,3-7H2,1-2H3. The van der Waals surface area contributed by atoms with E-state index in [0.717, 1.165) is 4.90 Å². The lowest BCUT2D eigenvalue weighted by Gasteiger charge is -2.31. The molecule has 0 bridgehead atoms. The second kappa shape index (κ2) is 5.18. The van der Waals surface area contributed by atoms with E-state index in [1.807, 2.05) is 0 Å². The first-order valence-corrected chi connectivity index (χ1v) is 8.15. The number of hydrogen-bond acceptors (Lipinski definition) is 5. The number of piperidine rings is 1. The first kappa shape index (κ1) is 14.4. The molecule has 1 unspecified atom stereocenters. The number of likely N-dealkylation sites (tertiary alicyclic amines) is 1. The van der Waals surface area contributed by atoms with Gasteiger partial charge in [-0.15, -0.1) is 0 Å². The minimum Gasteiger partial charge on any atom is -0.303 e. The van der Waals surface area contributed by atoms with E-state index >= 15 is 0 Å². The molecule has 2 amide bonds. The van der Waals surface area contributed by atoms with Gasteiger partial charge in [0.1, 0.15) is 0 Å². The molecule has 8 heteroatoms. The van der Waals surface area contributed by atoms with E-state index in [2.05, 4.69) is 5.32 Å². The van der Waals surface area contributed by atoms with Crippen LogP contribution in [0, 0.1) is 0 Å². The Balaban J connectivity index is 1.87. The Morgan fingerprint density at radius 1 is 1.21 bits per heavy atom. The monoisotopic (exact) mass is 289 g/mol. The summed E-state index contributed by atoms with van der Waals surface area (Å²) in [4.78, 5) is 24.3. The topological polar surface area (TPSA) is 86.8 Å². The molecule has 1 atom stereocenters. The van der Waals surface area contributed by atoms with Crippen LogP contribution in [-0.4, -0.2) is 67.9 Å². The molecular formula is C11H19N3O4S. The van der Waals surface area contributed by atoms with Crippen LogP contribution in [0.2, 0.25) is 0 Å². The summed E-state index contributed by atoms with van der Waals surface area (Å²) in [5.41, 5.74) is 0. The van der Waals surface area contributed by atoms with E-state index in [9.17, 15) is 18.0 Å². The molecule has 2 heterocycles. The van der Waals surface area contributed by atoms with Crippen molar-refractivity contribution in [3.63, 3.8) is 0 Å². The van der Waals surface area contributed by atoms with Gasteiger partial charge in [0.25, 0.3) is 0 Å². The van der Waals surface area contributed by atoms with Gasteiger partial charge in [-0.3, -0.25) is 14.5 Å². The lowest BCUT2D eigenvalue weighted by molar-refractivity contribution is -0.137. The summed E-state index contributed by atoms with van der Waals surface area (Å²) in [5.74, 6) is -0.369. The van der Waals surface area contributed by atoms with Crippen molar-refractivity contribution in [3.8, 4) is 0 Å². The predicted octanol–water partition coefficient (Wildman–Crippen LogP) is -1.24. The van der Waals surface area contributed by atoms with Crippen molar-refractivity contribution in [2.75, 3.05) is 26.4 Å². The summed E-state index contributed by atoms with van der Waals surface area (Å²) < 4.78 is 24.2. The number of hydrogen-bond donors (Lipinski definition) is 1. The summed E-state index contributed by atoms with van der Waals surface area (Å²) in [6.07, 6.45) is 2.72. The highest BCUT2D eigenvalue weighted by molar-refractivity contribution is 7.88. The fraction of sp³-hybridized carbons (Fsp3) is 0.818. The van der Waals surface area contributed by atoms with Crippen molar-refractivity contribution in [3.05, 3.63) is 0 Å². The maximum Gasteiger partial charge on any atom is 0.246 e. The minimum absolute atomic E-state index is 0.0891. The molecule has 0 spiro atoms. The summed E-state index contributed by atoms with van der Waals surface area (Å²) in [6, 6.07) is -0.362. The molecule has 2 aliphatic rings. The summed E-state index contributed by atoms with van der Waals surface area (Å²) in [7, 11) is -1.64. The smallest absolute Gasteiger partial charge is 0.246 e. The van der Waals surface area contributed by atoms with Gasteiger partial charge in [0.05, 0.1) is 18.7 Å². The molecule has 0 aromatic heterocycles. The van der Waals surface area contributed by atoms with Crippen molar-refractivity contribution in [1.29, 1.82) is 0 Å². The zero-order valence-electron chi connectivity index (χ0n) is 11.1. The molecule has 0 aromatic rings. The highest BCUT2D eigenvalue weighted by Gasteiger charge is 2.37. The first-order chi connectivity index (χ1) is 8.79. The summed E-state index contributed by atoms with van der Waals surface area (Å²) in [5, 5.41) is 3.17. The van der Waals surface area contributed by atoms with E-state index in [4.69, 9.17) is 0 Å². The Hall–Kier alpha value is -0.990. The Morgan fingerprint density at radius 3 is 2.21 bits per heavy atom. The van der Waals surface area contributed by atoms with Crippen molar-refractivity contribution in [2.45, 2.75) is 31.3 Å². The average Bonchev–Trinajstić information content (AvgIpc) is 2.57. The van der Waals surface area contributed by atoms with Crippen LogP contribution < -0.4 is 5.32 Å². The summed E-state index contributed by atoms with van der Waals surface area (Å²) in [6.45, 7) is 0.919. The van der Waals surface area contributed by atoms with Crippen LogP contribution in [0.5, 0.6) is 0 Å². The number of sulfonamides is 1. The molecule has 0 aliphatic carbocycles. The maximum absolute atomic E-state index is 11.7. The predicted molar refractivity (Wildman–Crippen MR) is 68.8 cm³/mol. The molecule has 2 fully saturated rings. The molecule has 2 aliphatic heterocycles. The van der Waals surface area contributed by atoms with Crippen molar-refractivity contribution in [1.82, 2.24) is 14.5 Å². The van der Waals surface area contributed by atoms with Crippen LogP contribution in [0.1, 0.15) is 19.3 Å². The van der Waals surface area contributed by atoms with Crippen LogP contribution in [0.25, 0.3) is 0 Å². The number of imide groups is 1. The van der Waals surface area contributed by atoms with E-state index in [-0.39, 0.29) is 24.3 Å². The normalized spacial score (nSPS) is 27.3. The second-order valence-corrected chi connectivity index (χ2v) is 7.13. The van der Waals surface area contributed by atoms with E-state index < -0.39 is 16.1 Å². The molecule has 1 N–H and O–H groups in total. The Morgan fingerprint density at radius 2 is 1.79 bits per heavy atom. The molecule has 0 saturated carbocycles. The van der Waals surface area contributed by atoms with Crippen LogP contribution in [0.4, 0.5) is 0 Å². The minimum atomic E-state index is -3.13. The van der Waals surface area contributed by atoms with E-state index in [1.165, 1.54) is 17.6 Å². The van der Waals surface area contributed by atoms with Gasteiger partial charge in [-0.1, -0.05) is 0 Å². The summed E-state index contributed by atoms with van der Waals surface area (Å²) >= 11 is 0. The van der Waals surface area contributed by atoms with Gasteiger partial charge in [0.15, 0.2) is 0 Å². The van der Waals surface area contributed by atoms with Crippen LogP contribution in [-0.2, 0) is 19.6 Å². The molecule has 108 valence electrons. The SMILES string of the molecule is CN1C(=O)CC(NC2CCN(S(C)(=O)=O)CC2)C1=O. The maximum atomic E-state index is 11.7. The first-order valence-electron chi connectivity index (χ1n) is 6.30. The number of carbonyl (C=O) groups excluding carboxylic acids is 2. The molecule has 2 saturated heterocycles. The third-order valence-electron chi connectivity index (χ3n) is 3.74. The van der Waals surface area contributed by atoms with Crippen LogP contribution in [0.3, 0.4) is 0 Å². The highest BCUT2D eigenvalue weighted by Crippen LogP contribution is 2.17. The molecule has 19 heavy (non-hydrogen) atoms. The molecule has 2 rings (SSSR count). The van der Waals surface area contributed by atoms with Crippen molar-refractivity contribution in [2.24, 2.45) is 0 Å². The number of nitrogens with one attached hydrogen (secondary N) is 1. The largest absolute Gasteiger partial charge is 0.303 e. The third kappa shape index (κ3) is 3.13. The van der Waals surface area contributed by atoms with Gasteiger partial charge in [-0.2, -0.15) is 0 Å². The number of likely N-dealkylation sites (N-methyl/N-ethyl adjacent to an activating group) is 1. The van der Waals surface area contributed by atoms with Gasteiger partial charge >= 0.3 is 0 Å². The average molecular weight is 289 g/mol. The highest BCUT2D eigenvalue weighted by atomic mass is 32.2. The lowest BCUT2D eigenvalue weighted by atomic mass is 10.1. The zero-order valence-corrected chi connectivity index (χ0v) is 11.9. The lowest BCUT2D eigenvalue weighted by Crippen LogP contribution is -2.49. The van der Waals surface area contributed by atoms with Gasteiger partial charge in [0.2, 0.25) is 21.8 Å². The van der Waals surface area contributed by atoms with Crippen molar-refractivity contribution >= 4 is 21.8 Å². The Labute approximate surface area is 113 Å². The number of rotatable bonds is 3. The fourth-order valence-electron chi connectivity index (χ4n) is 2.52. The Bertz CT molecular complexity index is 482. The molecule has 7 nitrogen and oxygen atoms in total. The molecule has 0 radical (unpaired) electrons. The third-order valence-corrected chi connectivity index (χ3v) is 5.04. The van der Waals surface area contributed by atoms with Gasteiger partial charge < -0.3 is 5.32 Å². The van der Waals surface area contributed by atoms with Crippen LogP contribution in [0.15, 0.2) is 0 Å². The zero-order chi connectivity index (χ0) is 14.2. The van der Waals surface area contributed by atoms with Crippen LogP contribution >= 0.6 is 0 Å².